The van der Waals surface area contributed by atoms with E-state index in [9.17, 15) is 13.2 Å². The smallest absolute Gasteiger partial charge is 0.266 e. The van der Waals surface area contributed by atoms with Gasteiger partial charge in [-0.3, -0.25) is 14.6 Å². The van der Waals surface area contributed by atoms with E-state index in [1.807, 2.05) is 0 Å². The Morgan fingerprint density at radius 2 is 2.06 bits per heavy atom. The quantitative estimate of drug-likeness (QED) is 0.689. The van der Waals surface area contributed by atoms with Gasteiger partial charge in [-0.25, -0.2) is 13.5 Å². The van der Waals surface area contributed by atoms with Crippen LogP contribution < -0.4 is 10.3 Å². The number of nitrogens with one attached hydrogen (secondary N) is 3. The molecule has 0 saturated carbocycles. The first kappa shape index (κ1) is 11.3. The molecule has 2 rings (SSSR count). The highest BCUT2D eigenvalue weighted by atomic mass is 32.2. The molecule has 0 fully saturated rings. The maximum atomic E-state index is 11.9. The van der Waals surface area contributed by atoms with Crippen molar-refractivity contribution in [1.82, 2.24) is 20.4 Å². The van der Waals surface area contributed by atoms with Crippen molar-refractivity contribution in [3.8, 4) is 0 Å². The fraction of sp³-hybridized carbons (Fsp3) is 0.125. The van der Waals surface area contributed by atoms with Crippen LogP contribution in [0, 0.1) is 6.92 Å². The zero-order valence-electron chi connectivity index (χ0n) is 8.76. The number of aromatic amines is 2. The average Bonchev–Trinajstić information content (AvgIpc) is 2.68. The van der Waals surface area contributed by atoms with Gasteiger partial charge in [0.1, 0.15) is 4.90 Å². The van der Waals surface area contributed by atoms with E-state index in [0.29, 0.717) is 5.69 Å². The molecule has 3 N–H and O–H groups in total. The molecule has 0 aliphatic carbocycles. The molecule has 90 valence electrons. The summed E-state index contributed by atoms with van der Waals surface area (Å²) >= 11 is 0. The Balaban J connectivity index is 2.33. The summed E-state index contributed by atoms with van der Waals surface area (Å²) in [5, 5.41) is 11.8. The average molecular weight is 255 g/mol. The second-order valence-electron chi connectivity index (χ2n) is 3.27. The number of rotatable bonds is 3. The van der Waals surface area contributed by atoms with Gasteiger partial charge in [-0.05, 0) is 13.0 Å². The molecule has 0 spiro atoms. The van der Waals surface area contributed by atoms with Gasteiger partial charge in [-0.1, -0.05) is 0 Å². The van der Waals surface area contributed by atoms with Gasteiger partial charge in [-0.15, -0.1) is 0 Å². The lowest BCUT2D eigenvalue weighted by Crippen LogP contribution is -2.16. The molecule has 2 heterocycles. The van der Waals surface area contributed by atoms with Gasteiger partial charge in [0.15, 0.2) is 5.82 Å². The Morgan fingerprint density at radius 3 is 2.59 bits per heavy atom. The van der Waals surface area contributed by atoms with Crippen molar-refractivity contribution >= 4 is 15.8 Å². The molecular formula is C8H9N5O3S. The first-order valence-electron chi connectivity index (χ1n) is 4.57. The maximum Gasteiger partial charge on any atom is 0.266 e. The van der Waals surface area contributed by atoms with Crippen molar-refractivity contribution in [2.24, 2.45) is 0 Å². The van der Waals surface area contributed by atoms with Crippen LogP contribution in [0.15, 0.2) is 28.0 Å². The summed E-state index contributed by atoms with van der Waals surface area (Å²) < 4.78 is 26.0. The van der Waals surface area contributed by atoms with Gasteiger partial charge < -0.3 is 0 Å². The number of anilines is 1. The summed E-state index contributed by atoms with van der Waals surface area (Å²) in [7, 11) is -3.74. The van der Waals surface area contributed by atoms with Crippen LogP contribution in [0.5, 0.6) is 0 Å². The van der Waals surface area contributed by atoms with Crippen molar-refractivity contribution in [3.63, 3.8) is 0 Å². The van der Waals surface area contributed by atoms with E-state index in [0.717, 1.165) is 0 Å². The largest absolute Gasteiger partial charge is 0.281 e. The fourth-order valence-electron chi connectivity index (χ4n) is 1.20. The van der Waals surface area contributed by atoms with Gasteiger partial charge in [0.05, 0.1) is 11.9 Å². The minimum Gasteiger partial charge on any atom is -0.281 e. The van der Waals surface area contributed by atoms with Crippen molar-refractivity contribution in [3.05, 3.63) is 34.4 Å². The lowest BCUT2D eigenvalue weighted by atomic mass is 10.5. The molecular weight excluding hydrogens is 246 g/mol. The third-order valence-corrected chi connectivity index (χ3v) is 3.46. The highest BCUT2D eigenvalue weighted by Gasteiger charge is 2.19. The molecule has 0 unspecified atom stereocenters. The fourth-order valence-corrected chi connectivity index (χ4v) is 2.34. The number of hydrogen-bond acceptors (Lipinski definition) is 5. The monoisotopic (exact) mass is 255 g/mol. The Bertz CT molecular complexity index is 667. The Morgan fingerprint density at radius 1 is 1.29 bits per heavy atom. The van der Waals surface area contributed by atoms with Crippen LogP contribution in [0.4, 0.5) is 5.82 Å². The molecule has 17 heavy (non-hydrogen) atoms. The van der Waals surface area contributed by atoms with E-state index in [1.54, 1.807) is 6.92 Å². The van der Waals surface area contributed by atoms with Gasteiger partial charge in [-0.2, -0.15) is 10.2 Å². The van der Waals surface area contributed by atoms with Gasteiger partial charge in [0.2, 0.25) is 0 Å². The Hall–Kier alpha value is -2.16. The topological polar surface area (TPSA) is 121 Å². The van der Waals surface area contributed by atoms with Crippen LogP contribution in [0.3, 0.4) is 0 Å². The summed E-state index contributed by atoms with van der Waals surface area (Å²) in [6, 6.07) is 2.44. The van der Waals surface area contributed by atoms with Gasteiger partial charge in [0, 0.05) is 6.07 Å². The molecule has 8 nitrogen and oxygen atoms in total. The molecule has 0 amide bonds. The highest BCUT2D eigenvalue weighted by Crippen LogP contribution is 2.14. The van der Waals surface area contributed by atoms with Crippen molar-refractivity contribution in [1.29, 1.82) is 0 Å². The number of aromatic nitrogens is 4. The van der Waals surface area contributed by atoms with Crippen molar-refractivity contribution in [2.75, 3.05) is 4.72 Å². The highest BCUT2D eigenvalue weighted by molar-refractivity contribution is 7.92. The normalized spacial score (nSPS) is 11.4. The standard InChI is InChI=1S/C8H9N5O3S/c1-5-6(4-9-10-5)17(15,16)13-7-2-3-8(14)12-11-7/h2-4H,1H3,(H,9,10)(H,11,13)(H,12,14). The Kier molecular flexibility index (Phi) is 2.68. The van der Waals surface area contributed by atoms with E-state index in [-0.39, 0.29) is 10.7 Å². The summed E-state index contributed by atoms with van der Waals surface area (Å²) in [5.41, 5.74) is 0.00867. The van der Waals surface area contributed by atoms with Crippen LogP contribution in [0.1, 0.15) is 5.69 Å². The van der Waals surface area contributed by atoms with E-state index < -0.39 is 15.6 Å². The van der Waals surface area contributed by atoms with Crippen LogP contribution in [-0.4, -0.2) is 28.8 Å². The van der Waals surface area contributed by atoms with E-state index in [4.69, 9.17) is 0 Å². The zero-order chi connectivity index (χ0) is 12.5. The predicted octanol–water partition coefficient (Wildman–Crippen LogP) is -0.398. The maximum absolute atomic E-state index is 11.9. The van der Waals surface area contributed by atoms with Crippen LogP contribution >= 0.6 is 0 Å². The summed E-state index contributed by atoms with van der Waals surface area (Å²) in [4.78, 5) is 10.8. The molecule has 0 saturated heterocycles. The molecule has 0 aliphatic heterocycles. The minimum absolute atomic E-state index is 0.0326. The molecule has 0 bridgehead atoms. The second kappa shape index (κ2) is 4.01. The predicted molar refractivity (Wildman–Crippen MR) is 59.0 cm³/mol. The molecule has 9 heteroatoms. The summed E-state index contributed by atoms with van der Waals surface area (Å²) in [6.07, 6.45) is 1.20. The molecule has 0 aliphatic rings. The van der Waals surface area contributed by atoms with Crippen LogP contribution in [0.25, 0.3) is 0 Å². The summed E-state index contributed by atoms with van der Waals surface area (Å²) in [6.45, 7) is 1.59. The number of hydrogen-bond donors (Lipinski definition) is 3. The molecule has 2 aromatic heterocycles. The molecule has 2 aromatic rings. The van der Waals surface area contributed by atoms with Crippen LogP contribution in [0.2, 0.25) is 0 Å². The zero-order valence-corrected chi connectivity index (χ0v) is 9.58. The minimum atomic E-state index is -3.74. The van der Waals surface area contributed by atoms with Crippen molar-refractivity contribution in [2.45, 2.75) is 11.8 Å². The third-order valence-electron chi connectivity index (χ3n) is 1.99. The van der Waals surface area contributed by atoms with E-state index in [2.05, 4.69) is 25.1 Å². The van der Waals surface area contributed by atoms with Gasteiger partial charge in [0.25, 0.3) is 15.6 Å². The lowest BCUT2D eigenvalue weighted by Gasteiger charge is -2.04. The molecule has 0 aromatic carbocycles. The lowest BCUT2D eigenvalue weighted by molar-refractivity contribution is 0.600. The second-order valence-corrected chi connectivity index (χ2v) is 4.92. The van der Waals surface area contributed by atoms with Gasteiger partial charge >= 0.3 is 0 Å². The SMILES string of the molecule is Cc1[nH]ncc1S(=O)(=O)Nc1ccc(=O)[nH]n1. The third kappa shape index (κ3) is 2.33. The van der Waals surface area contributed by atoms with Crippen LogP contribution in [-0.2, 0) is 10.0 Å². The summed E-state index contributed by atoms with van der Waals surface area (Å²) in [5.74, 6) is 0.0326. The molecule has 0 radical (unpaired) electrons. The number of sulfonamides is 1. The number of nitrogens with zero attached hydrogens (tertiary/aromatic N) is 2. The Labute approximate surface area is 96.1 Å². The van der Waals surface area contributed by atoms with E-state index in [1.165, 1.54) is 18.3 Å². The first-order chi connectivity index (χ1) is 7.99. The van der Waals surface area contributed by atoms with Crippen molar-refractivity contribution < 1.29 is 8.42 Å². The molecule has 0 atom stereocenters. The number of H-pyrrole nitrogens is 2. The number of aryl methyl sites for hydroxylation is 1. The van der Waals surface area contributed by atoms with E-state index >= 15 is 0 Å². The first-order valence-corrected chi connectivity index (χ1v) is 6.06.